The highest BCUT2D eigenvalue weighted by atomic mass is 16.2. The van der Waals surface area contributed by atoms with Gasteiger partial charge in [-0.2, -0.15) is 0 Å². The number of hydrogen-bond acceptors (Lipinski definition) is 2. The zero-order chi connectivity index (χ0) is 14.2. The smallest absolute Gasteiger partial charge is 0.0434 e. The number of aryl methyl sites for hydroxylation is 1. The molecule has 0 radical (unpaired) electrons. The summed E-state index contributed by atoms with van der Waals surface area (Å²) >= 11 is 0. The molecule has 20 heavy (non-hydrogen) atoms. The van der Waals surface area contributed by atoms with Crippen LogP contribution in [0.25, 0.3) is 0 Å². The molecule has 112 valence electrons. The lowest BCUT2D eigenvalue weighted by molar-refractivity contribution is 0.288. The van der Waals surface area contributed by atoms with Gasteiger partial charge in [-0.15, -0.1) is 0 Å². The molecule has 2 heteroatoms. The quantitative estimate of drug-likeness (QED) is 0.774. The Balaban J connectivity index is 1.81. The molecule has 1 saturated carbocycles. The van der Waals surface area contributed by atoms with Gasteiger partial charge in [-0.25, -0.2) is 0 Å². The Morgan fingerprint density at radius 1 is 1.20 bits per heavy atom. The third-order valence-corrected chi connectivity index (χ3v) is 4.47. The molecule has 1 aliphatic carbocycles. The van der Waals surface area contributed by atoms with Crippen LogP contribution in [0.3, 0.4) is 0 Å². The van der Waals surface area contributed by atoms with Gasteiger partial charge in [0.2, 0.25) is 0 Å². The molecule has 0 aliphatic heterocycles. The van der Waals surface area contributed by atoms with Gasteiger partial charge in [-0.05, 0) is 62.1 Å². The van der Waals surface area contributed by atoms with Crippen molar-refractivity contribution in [3.63, 3.8) is 0 Å². The summed E-state index contributed by atoms with van der Waals surface area (Å²) in [5.41, 5.74) is 2.57. The molecule has 2 nitrogen and oxygen atoms in total. The first-order valence-electron chi connectivity index (χ1n) is 8.28. The predicted octanol–water partition coefficient (Wildman–Crippen LogP) is 4.38. The monoisotopic (exact) mass is 275 g/mol. The summed E-state index contributed by atoms with van der Waals surface area (Å²) in [7, 11) is 0. The van der Waals surface area contributed by atoms with Gasteiger partial charge in [-0.3, -0.25) is 0 Å². The largest absolute Gasteiger partial charge is 0.396 e. The van der Waals surface area contributed by atoms with Gasteiger partial charge in [0.1, 0.15) is 0 Å². The normalized spacial score (nSPS) is 22.7. The van der Waals surface area contributed by atoms with E-state index in [1.54, 1.807) is 0 Å². The van der Waals surface area contributed by atoms with Gasteiger partial charge in [0.05, 0.1) is 0 Å². The van der Waals surface area contributed by atoms with Gasteiger partial charge in [0, 0.05) is 18.3 Å². The molecule has 1 fully saturated rings. The highest BCUT2D eigenvalue weighted by Crippen LogP contribution is 2.29. The summed E-state index contributed by atoms with van der Waals surface area (Å²) < 4.78 is 0. The first-order chi connectivity index (χ1) is 9.81. The van der Waals surface area contributed by atoms with Gasteiger partial charge in [0.15, 0.2) is 0 Å². The van der Waals surface area contributed by atoms with Crippen molar-refractivity contribution < 1.29 is 5.11 Å². The molecule has 0 spiro atoms. The van der Waals surface area contributed by atoms with Crippen LogP contribution in [-0.2, 0) is 6.42 Å². The van der Waals surface area contributed by atoms with E-state index in [1.807, 2.05) is 0 Å². The lowest BCUT2D eigenvalue weighted by Crippen LogP contribution is -2.26. The molecular formula is C18H29NO. The van der Waals surface area contributed by atoms with Crippen molar-refractivity contribution >= 4 is 5.69 Å². The van der Waals surface area contributed by atoms with Crippen molar-refractivity contribution in [2.24, 2.45) is 5.92 Å². The maximum atomic E-state index is 8.91. The number of aliphatic hydroxyl groups excluding tert-OH is 1. The standard InChI is InChI=1S/C18H29NO/c1-2-5-15-9-11-17(12-10-15)19-18-8-3-6-16(14-18)7-4-13-20/h3,6,8,14-15,17,19-20H,2,4-5,7,9-13H2,1H3. The zero-order valence-electron chi connectivity index (χ0n) is 12.8. The molecule has 0 amide bonds. The van der Waals surface area contributed by atoms with Gasteiger partial charge < -0.3 is 10.4 Å². The SMILES string of the molecule is CCCC1CCC(Nc2cccc(CCCO)c2)CC1. The van der Waals surface area contributed by atoms with E-state index in [4.69, 9.17) is 5.11 Å². The van der Waals surface area contributed by atoms with Crippen LogP contribution in [0.1, 0.15) is 57.4 Å². The van der Waals surface area contributed by atoms with Crippen molar-refractivity contribution in [2.75, 3.05) is 11.9 Å². The van der Waals surface area contributed by atoms with Crippen molar-refractivity contribution in [1.82, 2.24) is 0 Å². The third kappa shape index (κ3) is 4.82. The lowest BCUT2D eigenvalue weighted by Gasteiger charge is -2.29. The predicted molar refractivity (Wildman–Crippen MR) is 86.1 cm³/mol. The minimum Gasteiger partial charge on any atom is -0.396 e. The number of nitrogens with one attached hydrogen (secondary N) is 1. The van der Waals surface area contributed by atoms with Crippen LogP contribution >= 0.6 is 0 Å². The second kappa shape index (κ2) is 8.31. The molecule has 0 atom stereocenters. The van der Waals surface area contributed by atoms with E-state index < -0.39 is 0 Å². The summed E-state index contributed by atoms with van der Waals surface area (Å²) in [5, 5.41) is 12.6. The van der Waals surface area contributed by atoms with E-state index in [9.17, 15) is 0 Å². The van der Waals surface area contributed by atoms with Crippen LogP contribution in [-0.4, -0.2) is 17.8 Å². The molecular weight excluding hydrogens is 246 g/mol. The lowest BCUT2D eigenvalue weighted by atomic mass is 9.83. The average molecular weight is 275 g/mol. The Kier molecular flexibility index (Phi) is 6.38. The summed E-state index contributed by atoms with van der Waals surface area (Å²) in [6, 6.07) is 9.33. The van der Waals surface area contributed by atoms with Crippen LogP contribution < -0.4 is 5.32 Å². The van der Waals surface area contributed by atoms with Crippen LogP contribution in [0, 0.1) is 5.92 Å². The van der Waals surface area contributed by atoms with Gasteiger partial charge >= 0.3 is 0 Å². The summed E-state index contributed by atoms with van der Waals surface area (Å²) in [6.45, 7) is 2.57. The van der Waals surface area contributed by atoms with E-state index in [0.717, 1.165) is 18.8 Å². The molecule has 1 aromatic carbocycles. The topological polar surface area (TPSA) is 32.3 Å². The Hall–Kier alpha value is -1.02. The van der Waals surface area contributed by atoms with Crippen LogP contribution in [0.15, 0.2) is 24.3 Å². The molecule has 2 rings (SSSR count). The van der Waals surface area contributed by atoms with E-state index in [2.05, 4.69) is 36.5 Å². The first kappa shape index (κ1) is 15.4. The van der Waals surface area contributed by atoms with Crippen molar-refractivity contribution in [2.45, 2.75) is 64.3 Å². The number of benzene rings is 1. The van der Waals surface area contributed by atoms with Crippen molar-refractivity contribution in [1.29, 1.82) is 0 Å². The second-order valence-electron chi connectivity index (χ2n) is 6.18. The Bertz CT molecular complexity index is 383. The number of anilines is 1. The summed E-state index contributed by atoms with van der Waals surface area (Å²) in [5.74, 6) is 0.967. The molecule has 1 aliphatic rings. The van der Waals surface area contributed by atoms with Crippen molar-refractivity contribution in [3.05, 3.63) is 29.8 Å². The van der Waals surface area contributed by atoms with E-state index >= 15 is 0 Å². The molecule has 0 bridgehead atoms. The minimum atomic E-state index is 0.277. The summed E-state index contributed by atoms with van der Waals surface area (Å²) in [6.07, 6.45) is 9.95. The number of aliphatic hydroxyl groups is 1. The minimum absolute atomic E-state index is 0.277. The van der Waals surface area contributed by atoms with Gasteiger partial charge in [-0.1, -0.05) is 31.9 Å². The third-order valence-electron chi connectivity index (χ3n) is 4.47. The Morgan fingerprint density at radius 2 is 2.00 bits per heavy atom. The van der Waals surface area contributed by atoms with Crippen LogP contribution in [0.2, 0.25) is 0 Å². The average Bonchev–Trinajstić information content (AvgIpc) is 2.48. The van der Waals surface area contributed by atoms with Crippen LogP contribution in [0.5, 0.6) is 0 Å². The molecule has 0 heterocycles. The zero-order valence-corrected chi connectivity index (χ0v) is 12.8. The highest BCUT2D eigenvalue weighted by molar-refractivity contribution is 5.46. The Morgan fingerprint density at radius 3 is 2.70 bits per heavy atom. The first-order valence-corrected chi connectivity index (χ1v) is 8.28. The number of rotatable bonds is 7. The second-order valence-corrected chi connectivity index (χ2v) is 6.18. The van der Waals surface area contributed by atoms with E-state index in [1.165, 1.54) is 49.8 Å². The number of hydrogen-bond donors (Lipinski definition) is 2. The van der Waals surface area contributed by atoms with E-state index in [-0.39, 0.29) is 6.61 Å². The Labute approximate surface area is 123 Å². The fourth-order valence-corrected chi connectivity index (χ4v) is 3.34. The van der Waals surface area contributed by atoms with Crippen molar-refractivity contribution in [3.8, 4) is 0 Å². The molecule has 2 N–H and O–H groups in total. The maximum Gasteiger partial charge on any atom is 0.0434 e. The molecule has 1 aromatic rings. The summed E-state index contributed by atoms with van der Waals surface area (Å²) in [4.78, 5) is 0. The highest BCUT2D eigenvalue weighted by Gasteiger charge is 2.20. The van der Waals surface area contributed by atoms with E-state index in [0.29, 0.717) is 6.04 Å². The fourth-order valence-electron chi connectivity index (χ4n) is 3.34. The van der Waals surface area contributed by atoms with Crippen LogP contribution in [0.4, 0.5) is 5.69 Å². The fraction of sp³-hybridized carbons (Fsp3) is 0.667. The maximum absolute atomic E-state index is 8.91. The molecule has 0 unspecified atom stereocenters. The van der Waals surface area contributed by atoms with Gasteiger partial charge in [0.25, 0.3) is 0 Å². The molecule has 0 aromatic heterocycles. The molecule has 0 saturated heterocycles.